The molecule has 1 fully saturated rings. The fourth-order valence-corrected chi connectivity index (χ4v) is 5.64. The first kappa shape index (κ1) is 34.9. The Labute approximate surface area is 272 Å². The molecule has 246 valence electrons. The van der Waals surface area contributed by atoms with Crippen LogP contribution in [0.5, 0.6) is 5.75 Å². The third-order valence-electron chi connectivity index (χ3n) is 7.36. The second-order valence-electron chi connectivity index (χ2n) is 10.5. The Bertz CT molecular complexity index is 1390. The van der Waals surface area contributed by atoms with Gasteiger partial charge in [0, 0.05) is 53.7 Å². The first-order chi connectivity index (χ1) is 21.8. The molecule has 1 aromatic carbocycles. The second-order valence-corrected chi connectivity index (χ2v) is 11.3. The molecule has 2 aromatic heterocycles. The number of ether oxygens (including phenoxy) is 5. The summed E-state index contributed by atoms with van der Waals surface area (Å²) in [5.74, 6) is -0.412. The molecule has 0 saturated carbocycles. The number of esters is 1. The lowest BCUT2D eigenvalue weighted by Gasteiger charge is -2.31. The van der Waals surface area contributed by atoms with Gasteiger partial charge in [-0.3, -0.25) is 4.68 Å². The van der Waals surface area contributed by atoms with Crippen LogP contribution in [0.4, 0.5) is 10.2 Å². The number of carbonyl (C=O) groups excluding carboxylic acids is 1. The molecule has 0 amide bonds. The number of piperidine rings is 1. The van der Waals surface area contributed by atoms with E-state index in [0.717, 1.165) is 43.6 Å². The zero-order valence-corrected chi connectivity index (χ0v) is 27.1. The summed E-state index contributed by atoms with van der Waals surface area (Å²) in [5.41, 5.74) is 8.11. The normalized spacial score (nSPS) is 14.9. The van der Waals surface area contributed by atoms with Gasteiger partial charge in [-0.25, -0.2) is 14.2 Å². The molecule has 0 aliphatic carbocycles. The Morgan fingerprint density at radius 1 is 1.07 bits per heavy atom. The highest BCUT2D eigenvalue weighted by atomic mass is 35.5. The van der Waals surface area contributed by atoms with Crippen molar-refractivity contribution in [1.82, 2.24) is 19.7 Å². The molecule has 1 atom stereocenters. The van der Waals surface area contributed by atoms with Gasteiger partial charge in [0.05, 0.1) is 56.9 Å². The van der Waals surface area contributed by atoms with Crippen LogP contribution in [0.15, 0.2) is 36.8 Å². The maximum atomic E-state index is 14.1. The van der Waals surface area contributed by atoms with E-state index in [1.54, 1.807) is 32.3 Å². The Balaban J connectivity index is 1.18. The zero-order valence-electron chi connectivity index (χ0n) is 25.6. The number of benzene rings is 1. The highest BCUT2D eigenvalue weighted by molar-refractivity contribution is 6.36. The van der Waals surface area contributed by atoms with E-state index >= 15 is 0 Å². The van der Waals surface area contributed by atoms with Crippen molar-refractivity contribution in [3.63, 3.8) is 0 Å². The number of pyridine rings is 1. The summed E-state index contributed by atoms with van der Waals surface area (Å²) >= 11 is 12.4. The molecular weight excluding hydrogens is 628 g/mol. The minimum absolute atomic E-state index is 0.0607. The van der Waals surface area contributed by atoms with Gasteiger partial charge in [-0.05, 0) is 44.9 Å². The highest BCUT2D eigenvalue weighted by Gasteiger charge is 2.23. The summed E-state index contributed by atoms with van der Waals surface area (Å²) in [7, 11) is 0. The molecule has 2 N–H and O–H groups in total. The van der Waals surface area contributed by atoms with Gasteiger partial charge in [0.2, 0.25) is 0 Å². The number of carbonyl (C=O) groups is 1. The molecule has 1 aliphatic heterocycles. The van der Waals surface area contributed by atoms with E-state index in [-0.39, 0.29) is 29.5 Å². The van der Waals surface area contributed by atoms with Gasteiger partial charge in [-0.2, -0.15) is 5.10 Å². The van der Waals surface area contributed by atoms with Gasteiger partial charge in [0.25, 0.3) is 0 Å². The first-order valence-corrected chi connectivity index (χ1v) is 15.7. The summed E-state index contributed by atoms with van der Waals surface area (Å²) in [6.45, 7) is 8.84. The quantitative estimate of drug-likeness (QED) is 0.114. The predicted octanol–water partition coefficient (Wildman–Crippen LogP) is 5.36. The molecular formula is C31H40Cl2FN5O6. The van der Waals surface area contributed by atoms with E-state index in [0.29, 0.717) is 56.0 Å². The van der Waals surface area contributed by atoms with Crippen LogP contribution < -0.4 is 10.5 Å². The monoisotopic (exact) mass is 667 g/mol. The number of hydrogen-bond donors (Lipinski definition) is 1. The molecule has 0 bridgehead atoms. The topological polar surface area (TPSA) is 123 Å². The van der Waals surface area contributed by atoms with E-state index in [9.17, 15) is 9.18 Å². The molecule has 0 radical (unpaired) electrons. The second kappa shape index (κ2) is 17.6. The van der Waals surface area contributed by atoms with Crippen LogP contribution in [0.2, 0.25) is 10.0 Å². The lowest BCUT2D eigenvalue weighted by atomic mass is 10.1. The Kier molecular flexibility index (Phi) is 13.7. The molecule has 3 aromatic rings. The minimum Gasteiger partial charge on any atom is -0.482 e. The van der Waals surface area contributed by atoms with Crippen LogP contribution in [0.3, 0.4) is 0 Å². The molecule has 0 spiro atoms. The molecule has 11 nitrogen and oxygen atoms in total. The third kappa shape index (κ3) is 10.2. The number of nitrogen functional groups attached to an aromatic ring is 1. The molecule has 14 heteroatoms. The maximum Gasteiger partial charge on any atom is 0.332 e. The molecule has 1 aliphatic rings. The average molecular weight is 669 g/mol. The van der Waals surface area contributed by atoms with Crippen molar-refractivity contribution in [1.29, 1.82) is 0 Å². The molecule has 3 heterocycles. The molecule has 4 rings (SSSR count). The number of hydrogen-bond acceptors (Lipinski definition) is 10. The lowest BCUT2D eigenvalue weighted by Crippen LogP contribution is -2.37. The predicted molar refractivity (Wildman–Crippen MR) is 169 cm³/mol. The maximum absolute atomic E-state index is 14.1. The number of anilines is 1. The largest absolute Gasteiger partial charge is 0.482 e. The van der Waals surface area contributed by atoms with Crippen molar-refractivity contribution in [2.45, 2.75) is 38.8 Å². The first-order valence-electron chi connectivity index (χ1n) is 15.0. The van der Waals surface area contributed by atoms with Crippen molar-refractivity contribution >= 4 is 35.0 Å². The summed E-state index contributed by atoms with van der Waals surface area (Å²) < 4.78 is 43.2. The Hall–Kier alpha value is -3.00. The lowest BCUT2D eigenvalue weighted by molar-refractivity contribution is -0.149. The van der Waals surface area contributed by atoms with E-state index in [2.05, 4.69) is 15.0 Å². The fraction of sp³-hybridized carbons (Fsp3) is 0.516. The van der Waals surface area contributed by atoms with Gasteiger partial charge in [-0.15, -0.1) is 0 Å². The summed E-state index contributed by atoms with van der Waals surface area (Å²) in [5, 5.41) is 4.84. The van der Waals surface area contributed by atoms with Crippen LogP contribution in [0.25, 0.3) is 11.1 Å². The van der Waals surface area contributed by atoms with Crippen LogP contribution in [0, 0.1) is 5.82 Å². The molecule has 1 saturated heterocycles. The number of nitrogens with two attached hydrogens (primary N) is 1. The van der Waals surface area contributed by atoms with Crippen molar-refractivity contribution in [2.75, 3.05) is 71.6 Å². The number of aromatic nitrogens is 3. The third-order valence-corrected chi connectivity index (χ3v) is 8.07. The van der Waals surface area contributed by atoms with Gasteiger partial charge in [0.15, 0.2) is 11.6 Å². The van der Waals surface area contributed by atoms with Crippen LogP contribution in [-0.4, -0.2) is 91.5 Å². The minimum atomic E-state index is -0.665. The Morgan fingerprint density at radius 2 is 1.78 bits per heavy atom. The standard InChI is InChI=1S/C31H40Cl2FN5O6/c1-3-44-28(40)20-43-15-14-42-13-12-41-11-10-38-8-6-24(7-9-38)39-19-23(18-37-39)22-16-27(31(35)36-17-22)45-21(2)29-25(32)4-5-26(34)30(29)33/h4-5,16-19,21,24H,3,6-15,20H2,1-2H3,(H2,35,36)/t21-/m1/s1. The van der Waals surface area contributed by atoms with Gasteiger partial charge >= 0.3 is 5.97 Å². The van der Waals surface area contributed by atoms with Crippen LogP contribution >= 0.6 is 23.2 Å². The van der Waals surface area contributed by atoms with Crippen molar-refractivity contribution < 1.29 is 32.9 Å². The van der Waals surface area contributed by atoms with E-state index in [1.165, 1.54) is 12.1 Å². The fourth-order valence-electron chi connectivity index (χ4n) is 4.96. The van der Waals surface area contributed by atoms with E-state index in [4.69, 9.17) is 52.6 Å². The van der Waals surface area contributed by atoms with Crippen LogP contribution in [-0.2, 0) is 23.7 Å². The van der Waals surface area contributed by atoms with Crippen molar-refractivity contribution in [3.05, 3.63) is 58.2 Å². The number of likely N-dealkylation sites (tertiary alicyclic amines) is 1. The zero-order chi connectivity index (χ0) is 32.2. The van der Waals surface area contributed by atoms with Crippen LogP contribution in [0.1, 0.15) is 44.4 Å². The smallest absolute Gasteiger partial charge is 0.332 e. The van der Waals surface area contributed by atoms with Gasteiger partial charge in [-0.1, -0.05) is 23.2 Å². The summed E-state index contributed by atoms with van der Waals surface area (Å²) in [6.07, 6.45) is 6.75. The van der Waals surface area contributed by atoms with Gasteiger partial charge in [0.1, 0.15) is 18.5 Å². The SMILES string of the molecule is CCOC(=O)COCCOCCOCCN1CCC(n2cc(-c3cnc(N)c(O[C@H](C)c4c(Cl)ccc(F)c4Cl)c3)cn2)CC1. The van der Waals surface area contributed by atoms with E-state index < -0.39 is 11.9 Å². The number of nitrogens with zero attached hydrogens (tertiary/aromatic N) is 4. The number of rotatable bonds is 17. The Morgan fingerprint density at radius 3 is 2.51 bits per heavy atom. The molecule has 0 unspecified atom stereocenters. The number of halogens is 3. The van der Waals surface area contributed by atoms with Crippen molar-refractivity contribution in [2.24, 2.45) is 0 Å². The molecule has 45 heavy (non-hydrogen) atoms. The average Bonchev–Trinajstić information content (AvgIpc) is 3.52. The highest BCUT2D eigenvalue weighted by Crippen LogP contribution is 2.37. The van der Waals surface area contributed by atoms with E-state index in [1.807, 2.05) is 10.9 Å². The van der Waals surface area contributed by atoms with Gasteiger partial charge < -0.3 is 34.3 Å². The van der Waals surface area contributed by atoms with Crippen molar-refractivity contribution in [3.8, 4) is 16.9 Å². The summed E-state index contributed by atoms with van der Waals surface area (Å²) in [4.78, 5) is 17.9. The summed E-state index contributed by atoms with van der Waals surface area (Å²) in [6, 6.07) is 4.72.